The number of thioether (sulfide) groups is 1. The third kappa shape index (κ3) is 28.6. The Morgan fingerprint density at radius 3 is 1.44 bits per heavy atom. The number of hydrogen-bond donors (Lipinski definition) is 7. The zero-order chi connectivity index (χ0) is 80.9. The van der Waals surface area contributed by atoms with Crippen molar-refractivity contribution >= 4 is 82.7 Å². The van der Waals surface area contributed by atoms with Crippen molar-refractivity contribution in [2.75, 3.05) is 81.1 Å². The van der Waals surface area contributed by atoms with Crippen molar-refractivity contribution in [2.45, 2.75) is 267 Å². The average molecular weight is 1510 g/mol. The highest BCUT2D eigenvalue weighted by Crippen LogP contribution is 2.27. The summed E-state index contributed by atoms with van der Waals surface area (Å²) in [5.41, 5.74) is 1.46. The number of benzene rings is 1. The second-order valence-electron chi connectivity index (χ2n) is 31.6. The number of nitrogens with one attached hydrogen (secondary N) is 5. The first-order valence-corrected chi connectivity index (χ1v) is 39.5. The maximum atomic E-state index is 15.6. The predicted octanol–water partition coefficient (Wildman–Crippen LogP) is 5.70. The van der Waals surface area contributed by atoms with Crippen LogP contribution in [0.2, 0.25) is 0 Å². The molecule has 1 fully saturated rings. The molecule has 28 heteroatoms. The highest BCUT2D eigenvalue weighted by Gasteiger charge is 2.47. The average Bonchev–Trinajstić information content (AvgIpc) is 0.806. The van der Waals surface area contributed by atoms with Gasteiger partial charge in [-0.15, -0.1) is 0 Å². The number of amides is 11. The molecule has 106 heavy (non-hydrogen) atoms. The number of carbonyl (C=O) groups excluding carboxylic acids is 12. The topological polar surface area (TPSA) is 337 Å². The molecule has 0 saturated carbocycles. The molecule has 13 atom stereocenters. The maximum Gasteiger partial charge on any atom is 0.337 e. The Morgan fingerprint density at radius 2 is 0.943 bits per heavy atom. The van der Waals surface area contributed by atoms with Gasteiger partial charge in [0.1, 0.15) is 66.5 Å². The van der Waals surface area contributed by atoms with Gasteiger partial charge >= 0.3 is 5.97 Å². The van der Waals surface area contributed by atoms with E-state index in [0.717, 1.165) is 29.7 Å². The van der Waals surface area contributed by atoms with Crippen molar-refractivity contribution in [3.05, 3.63) is 35.4 Å². The quantitative estimate of drug-likeness (QED) is 0.0373. The lowest BCUT2D eigenvalue weighted by Crippen LogP contribution is -2.64. The number of ether oxygens (including phenoxy) is 1. The minimum atomic E-state index is -1.67. The molecule has 1 heterocycles. The van der Waals surface area contributed by atoms with Gasteiger partial charge in [0.2, 0.25) is 65.0 Å². The van der Waals surface area contributed by atoms with Gasteiger partial charge in [0, 0.05) is 68.2 Å². The Labute approximate surface area is 638 Å². The number of esters is 1. The van der Waals surface area contributed by atoms with Gasteiger partial charge in [-0.1, -0.05) is 128 Å². The minimum absolute atomic E-state index is 0.0208. The Kier molecular flexibility index (Phi) is 41.7. The van der Waals surface area contributed by atoms with Gasteiger partial charge in [-0.3, -0.25) is 52.7 Å². The van der Waals surface area contributed by atoms with Gasteiger partial charge < -0.3 is 75.8 Å². The number of aliphatic hydroxyl groups is 2. The number of unbranched alkanes of at least 4 members (excludes halogenated alkanes) is 4. The second-order valence-corrected chi connectivity index (χ2v) is 32.7. The van der Waals surface area contributed by atoms with Crippen LogP contribution >= 0.6 is 11.8 Å². The van der Waals surface area contributed by atoms with Crippen molar-refractivity contribution in [1.29, 1.82) is 0 Å². The Bertz CT molecular complexity index is 3010. The molecule has 27 nitrogen and oxygen atoms in total. The lowest BCUT2D eigenvalue weighted by atomic mass is 9.90. The van der Waals surface area contributed by atoms with Gasteiger partial charge in [0.15, 0.2) is 0 Å². The van der Waals surface area contributed by atoms with Gasteiger partial charge in [-0.05, 0) is 143 Å². The van der Waals surface area contributed by atoms with E-state index < -0.39 is 161 Å². The Balaban J connectivity index is 3.01. The van der Waals surface area contributed by atoms with E-state index in [1.807, 2.05) is 67.5 Å². The van der Waals surface area contributed by atoms with Crippen molar-refractivity contribution in [3.8, 4) is 0 Å². The van der Waals surface area contributed by atoms with Gasteiger partial charge in [0.05, 0.1) is 18.8 Å². The van der Waals surface area contributed by atoms with Crippen LogP contribution < -0.4 is 26.6 Å². The summed E-state index contributed by atoms with van der Waals surface area (Å²) in [4.78, 5) is 186. The van der Waals surface area contributed by atoms with E-state index in [0.29, 0.717) is 50.1 Å². The number of nitrogens with zero attached hydrogens (tertiary/aromatic N) is 7. The van der Waals surface area contributed by atoms with Crippen molar-refractivity contribution in [2.24, 2.45) is 41.4 Å². The standard InChI is InChI=1S/C78H136N12O15S/c1-25-57-72(98)88(21)62(45-106-39-31-30-38-91)75(101)84(17)59(41-47(4)5)69(95)83-63(50(10)11)76(102)85(18)58(40-46(2)3)68(94)80-53(15)67(93)81-54(16)71(97)86(19)60(42-48(6)7)73(99)87(20)61(43-49(8)9)74(100)89(22)64(51(12)13)77(103)90(23)65(70(96)82-57)66(92)52(14)32-28-26-27-29-37-79-44-55-33-35-56(36-34-55)78(104)105-24/h33-36,46-54,57-66,79,91-92H,25-32,37-45H2,1-24H3,(H,80,94)(H,81,93)(H,82,96)(H,83,95)/t52-,53+,54-,57+,58+,59+,60+,61+,62-,63+,64+,65+,66-/m1/s1. The molecule has 11 amide bonds. The predicted molar refractivity (Wildman–Crippen MR) is 414 cm³/mol. The normalized spacial score (nSPS) is 24.5. The maximum absolute atomic E-state index is 15.6. The molecule has 1 aliphatic heterocycles. The summed E-state index contributed by atoms with van der Waals surface area (Å²) in [6.07, 6.45) is 3.49. The molecule has 1 aromatic rings. The van der Waals surface area contributed by atoms with Gasteiger partial charge in [-0.2, -0.15) is 11.8 Å². The smallest absolute Gasteiger partial charge is 0.337 e. The van der Waals surface area contributed by atoms with Crippen molar-refractivity contribution < 1.29 is 72.5 Å². The molecule has 0 unspecified atom stereocenters. The first-order valence-electron chi connectivity index (χ1n) is 38.4. The van der Waals surface area contributed by atoms with Crippen LogP contribution in [0.4, 0.5) is 0 Å². The van der Waals surface area contributed by atoms with E-state index in [-0.39, 0.29) is 68.1 Å². The molecule has 0 aliphatic carbocycles. The van der Waals surface area contributed by atoms with Crippen LogP contribution in [0.3, 0.4) is 0 Å². The molecule has 0 aromatic heterocycles. The van der Waals surface area contributed by atoms with Crippen LogP contribution in [0.25, 0.3) is 0 Å². The van der Waals surface area contributed by atoms with Crippen LogP contribution in [0.1, 0.15) is 204 Å². The number of aliphatic hydroxyl groups excluding tert-OH is 2. The van der Waals surface area contributed by atoms with E-state index in [2.05, 4.69) is 26.6 Å². The van der Waals surface area contributed by atoms with Crippen molar-refractivity contribution in [1.82, 2.24) is 60.9 Å². The molecule has 1 aromatic carbocycles. The second kappa shape index (κ2) is 46.4. The van der Waals surface area contributed by atoms with Gasteiger partial charge in [0.25, 0.3) is 0 Å². The number of carbonyl (C=O) groups is 12. The van der Waals surface area contributed by atoms with E-state index in [4.69, 9.17) is 4.74 Å². The van der Waals surface area contributed by atoms with Crippen LogP contribution in [0.5, 0.6) is 0 Å². The van der Waals surface area contributed by atoms with Gasteiger partial charge in [-0.25, -0.2) is 4.79 Å². The Morgan fingerprint density at radius 1 is 0.491 bits per heavy atom. The van der Waals surface area contributed by atoms with Crippen LogP contribution in [-0.4, -0.2) is 269 Å². The summed E-state index contributed by atoms with van der Waals surface area (Å²) in [6.45, 7) is 29.4. The van der Waals surface area contributed by atoms with E-state index >= 15 is 28.8 Å². The molecule has 604 valence electrons. The molecule has 0 bridgehead atoms. The number of hydrogen-bond acceptors (Lipinski definition) is 17. The third-order valence-corrected chi connectivity index (χ3v) is 21.2. The third-order valence-electron chi connectivity index (χ3n) is 20.1. The summed E-state index contributed by atoms with van der Waals surface area (Å²) in [6, 6.07) is -6.90. The SMILES string of the molecule is CC[C@@H]1NC(=O)[C@H]([C@H](O)[C@H](C)CCCCCCNCc2ccc(C(=O)OC)cc2)N(C)C(=O)[C@H](C(C)C)N(C)C(=O)[C@H](CC(C)C)N(C)C(=O)[C@H](CC(C)C)N(C)C(=O)[C@@H](C)NC(=O)[C@H](C)NC(=O)[C@H](CC(C)C)N(C)C(=O)[C@H](C(C)C)NC(=O)[C@H](CC(C)C)N(C)C(=O)[C@@H](CSCCCCO)N(C)C1=O. The van der Waals surface area contributed by atoms with Crippen LogP contribution in [0.15, 0.2) is 24.3 Å². The fraction of sp³-hybridized carbons (Fsp3) is 0.769. The summed E-state index contributed by atoms with van der Waals surface area (Å²) < 4.78 is 4.81. The summed E-state index contributed by atoms with van der Waals surface area (Å²) in [7, 11) is 11.4. The molecule has 0 radical (unpaired) electrons. The number of methoxy groups -OCH3 is 1. The molecule has 0 spiro atoms. The zero-order valence-corrected chi connectivity index (χ0v) is 69.4. The van der Waals surface area contributed by atoms with E-state index in [9.17, 15) is 39.0 Å². The Hall–Kier alpha value is -6.91. The lowest BCUT2D eigenvalue weighted by molar-refractivity contribution is -0.157. The molecular weight excluding hydrogens is 1380 g/mol. The summed E-state index contributed by atoms with van der Waals surface area (Å²) >= 11 is 1.35. The van der Waals surface area contributed by atoms with E-state index in [1.165, 1.54) is 111 Å². The van der Waals surface area contributed by atoms with Crippen LogP contribution in [0, 0.1) is 41.4 Å². The number of likely N-dealkylation sites (N-methyl/N-ethyl adjacent to an activating group) is 7. The van der Waals surface area contributed by atoms with Crippen molar-refractivity contribution in [3.63, 3.8) is 0 Å². The lowest BCUT2D eigenvalue weighted by Gasteiger charge is -2.41. The highest BCUT2D eigenvalue weighted by molar-refractivity contribution is 7.99. The largest absolute Gasteiger partial charge is 0.465 e. The molecule has 1 saturated heterocycles. The fourth-order valence-electron chi connectivity index (χ4n) is 13.4. The molecule has 7 N–H and O–H groups in total. The number of rotatable bonds is 29. The fourth-order valence-corrected chi connectivity index (χ4v) is 14.5. The molecular formula is C78H136N12O15S. The summed E-state index contributed by atoms with van der Waals surface area (Å²) in [5, 5.41) is 37.0. The summed E-state index contributed by atoms with van der Waals surface area (Å²) in [5.74, 6) is -10.0. The molecule has 1 aliphatic rings. The first kappa shape index (κ1) is 95.2. The minimum Gasteiger partial charge on any atom is -0.465 e. The first-order chi connectivity index (χ1) is 49.5. The monoisotopic (exact) mass is 1510 g/mol. The highest BCUT2D eigenvalue weighted by atomic mass is 32.2. The van der Waals surface area contributed by atoms with Crippen LogP contribution in [-0.2, 0) is 64.0 Å². The van der Waals surface area contributed by atoms with E-state index in [1.54, 1.807) is 53.7 Å². The zero-order valence-electron chi connectivity index (χ0n) is 68.5. The molecule has 2 rings (SSSR count).